The zero-order valence-electron chi connectivity index (χ0n) is 13.8. The number of nitrogens with one attached hydrogen (secondary N) is 1. The van der Waals surface area contributed by atoms with Crippen molar-refractivity contribution in [1.29, 1.82) is 0 Å². The SMILES string of the molecule is COc1cc(/C=C/C(=O)NCc2cccs2)cc(Cl)c1OC(C)C. The molecule has 0 saturated heterocycles. The quantitative estimate of drug-likeness (QED) is 0.733. The molecule has 0 aliphatic heterocycles. The second-order valence-corrected chi connectivity index (χ2v) is 6.77. The molecule has 4 nitrogen and oxygen atoms in total. The van der Waals surface area contributed by atoms with Gasteiger partial charge in [0.2, 0.25) is 5.91 Å². The lowest BCUT2D eigenvalue weighted by molar-refractivity contribution is -0.116. The summed E-state index contributed by atoms with van der Waals surface area (Å²) in [6, 6.07) is 7.46. The van der Waals surface area contributed by atoms with E-state index in [1.165, 1.54) is 6.08 Å². The number of hydrogen-bond donors (Lipinski definition) is 1. The first-order chi connectivity index (χ1) is 11.5. The van der Waals surface area contributed by atoms with E-state index in [4.69, 9.17) is 21.1 Å². The number of ether oxygens (including phenoxy) is 2. The van der Waals surface area contributed by atoms with Crippen molar-refractivity contribution >= 4 is 34.9 Å². The molecule has 2 aromatic rings. The molecule has 2 rings (SSSR count). The van der Waals surface area contributed by atoms with Crippen LogP contribution >= 0.6 is 22.9 Å². The van der Waals surface area contributed by atoms with E-state index in [-0.39, 0.29) is 12.0 Å². The summed E-state index contributed by atoms with van der Waals surface area (Å²) >= 11 is 7.87. The highest BCUT2D eigenvalue weighted by molar-refractivity contribution is 7.09. The van der Waals surface area contributed by atoms with Crippen molar-refractivity contribution in [2.24, 2.45) is 0 Å². The van der Waals surface area contributed by atoms with Gasteiger partial charge in [0, 0.05) is 11.0 Å². The highest BCUT2D eigenvalue weighted by Gasteiger charge is 2.12. The Hall–Kier alpha value is -1.98. The standard InChI is InChI=1S/C18H20ClNO3S/c1-12(2)23-18-15(19)9-13(10-16(18)22-3)6-7-17(21)20-11-14-5-4-8-24-14/h4-10,12H,11H2,1-3H3,(H,20,21)/b7-6+. The number of halogens is 1. The van der Waals surface area contributed by atoms with Crippen molar-refractivity contribution in [2.75, 3.05) is 7.11 Å². The smallest absolute Gasteiger partial charge is 0.244 e. The molecular weight excluding hydrogens is 346 g/mol. The van der Waals surface area contributed by atoms with Gasteiger partial charge in [-0.05, 0) is 49.1 Å². The predicted octanol–water partition coefficient (Wildman–Crippen LogP) is 4.53. The Kier molecular flexibility index (Phi) is 6.70. The van der Waals surface area contributed by atoms with Crippen LogP contribution in [0, 0.1) is 0 Å². The number of hydrogen-bond acceptors (Lipinski definition) is 4. The molecule has 0 saturated carbocycles. The second kappa shape index (κ2) is 8.76. The third-order valence-corrected chi connectivity index (χ3v) is 4.21. The van der Waals surface area contributed by atoms with Crippen LogP contribution in [-0.4, -0.2) is 19.1 Å². The van der Waals surface area contributed by atoms with Gasteiger partial charge in [0.1, 0.15) is 0 Å². The predicted molar refractivity (Wildman–Crippen MR) is 99.0 cm³/mol. The summed E-state index contributed by atoms with van der Waals surface area (Å²) in [5.74, 6) is 0.879. The first kappa shape index (κ1) is 18.4. The maximum absolute atomic E-state index is 11.9. The molecule has 1 aromatic heterocycles. The van der Waals surface area contributed by atoms with Crippen LogP contribution in [0.2, 0.25) is 5.02 Å². The van der Waals surface area contributed by atoms with Crippen molar-refractivity contribution in [1.82, 2.24) is 5.32 Å². The monoisotopic (exact) mass is 365 g/mol. The minimum absolute atomic E-state index is 0.0131. The van der Waals surface area contributed by atoms with Gasteiger partial charge in [-0.25, -0.2) is 0 Å². The van der Waals surface area contributed by atoms with E-state index in [2.05, 4.69) is 5.32 Å². The molecule has 0 bridgehead atoms. The van der Waals surface area contributed by atoms with Crippen LogP contribution in [0.1, 0.15) is 24.3 Å². The lowest BCUT2D eigenvalue weighted by Gasteiger charge is -2.15. The van der Waals surface area contributed by atoms with E-state index in [0.717, 1.165) is 10.4 Å². The van der Waals surface area contributed by atoms with Crippen LogP contribution < -0.4 is 14.8 Å². The van der Waals surface area contributed by atoms with Crippen LogP contribution in [0.5, 0.6) is 11.5 Å². The Bertz CT molecular complexity index is 711. The number of amides is 1. The number of carbonyl (C=O) groups is 1. The van der Waals surface area contributed by atoms with E-state index in [1.807, 2.05) is 31.4 Å². The highest BCUT2D eigenvalue weighted by atomic mass is 35.5. The summed E-state index contributed by atoms with van der Waals surface area (Å²) in [6.07, 6.45) is 3.15. The maximum atomic E-state index is 11.9. The molecule has 0 fully saturated rings. The molecular formula is C18H20ClNO3S. The van der Waals surface area contributed by atoms with Gasteiger partial charge in [-0.1, -0.05) is 17.7 Å². The van der Waals surface area contributed by atoms with E-state index in [9.17, 15) is 4.79 Å². The molecule has 0 unspecified atom stereocenters. The van der Waals surface area contributed by atoms with Gasteiger partial charge in [0.25, 0.3) is 0 Å². The fourth-order valence-corrected chi connectivity index (χ4v) is 2.91. The summed E-state index contributed by atoms with van der Waals surface area (Å²) in [7, 11) is 1.56. The van der Waals surface area contributed by atoms with E-state index < -0.39 is 0 Å². The summed E-state index contributed by atoms with van der Waals surface area (Å²) in [5.41, 5.74) is 0.763. The third-order valence-electron chi connectivity index (χ3n) is 3.05. The number of benzene rings is 1. The fourth-order valence-electron chi connectivity index (χ4n) is 2.00. The van der Waals surface area contributed by atoms with Crippen LogP contribution in [0.3, 0.4) is 0 Å². The molecule has 1 amide bonds. The Balaban J connectivity index is 2.05. The summed E-state index contributed by atoms with van der Waals surface area (Å²) < 4.78 is 11.0. The van der Waals surface area contributed by atoms with E-state index in [1.54, 1.807) is 36.7 Å². The fraction of sp³-hybridized carbons (Fsp3) is 0.278. The van der Waals surface area contributed by atoms with Crippen LogP contribution in [0.4, 0.5) is 0 Å². The topological polar surface area (TPSA) is 47.6 Å². The largest absolute Gasteiger partial charge is 0.493 e. The van der Waals surface area contributed by atoms with Crippen LogP contribution in [0.25, 0.3) is 6.08 Å². The summed E-state index contributed by atoms with van der Waals surface area (Å²) in [6.45, 7) is 4.36. The molecule has 1 heterocycles. The zero-order chi connectivity index (χ0) is 17.5. The van der Waals surface area contributed by atoms with Crippen LogP contribution in [-0.2, 0) is 11.3 Å². The highest BCUT2D eigenvalue weighted by Crippen LogP contribution is 2.37. The van der Waals surface area contributed by atoms with Gasteiger partial charge in [-0.3, -0.25) is 4.79 Å². The molecule has 0 atom stereocenters. The average Bonchev–Trinajstić information content (AvgIpc) is 3.06. The van der Waals surface area contributed by atoms with Gasteiger partial charge >= 0.3 is 0 Å². The number of carbonyl (C=O) groups excluding carboxylic acids is 1. The summed E-state index contributed by atoms with van der Waals surface area (Å²) in [5, 5.41) is 5.26. The summed E-state index contributed by atoms with van der Waals surface area (Å²) in [4.78, 5) is 13.0. The zero-order valence-corrected chi connectivity index (χ0v) is 15.4. The molecule has 128 valence electrons. The molecule has 0 aliphatic carbocycles. The van der Waals surface area contributed by atoms with Crippen molar-refractivity contribution in [3.8, 4) is 11.5 Å². The van der Waals surface area contributed by atoms with Gasteiger partial charge < -0.3 is 14.8 Å². The molecule has 24 heavy (non-hydrogen) atoms. The van der Waals surface area contributed by atoms with Crippen molar-refractivity contribution in [3.63, 3.8) is 0 Å². The first-order valence-corrected chi connectivity index (χ1v) is 8.78. The van der Waals surface area contributed by atoms with Crippen molar-refractivity contribution in [2.45, 2.75) is 26.5 Å². The van der Waals surface area contributed by atoms with Gasteiger partial charge in [-0.2, -0.15) is 0 Å². The van der Waals surface area contributed by atoms with Gasteiger partial charge in [-0.15, -0.1) is 11.3 Å². The number of rotatable bonds is 7. The van der Waals surface area contributed by atoms with Crippen LogP contribution in [0.15, 0.2) is 35.7 Å². The molecule has 0 spiro atoms. The molecule has 0 aliphatic rings. The normalized spacial score (nSPS) is 11.0. The van der Waals surface area contributed by atoms with Gasteiger partial charge in [0.05, 0.1) is 24.8 Å². The molecule has 6 heteroatoms. The minimum Gasteiger partial charge on any atom is -0.493 e. The third kappa shape index (κ3) is 5.28. The number of thiophene rings is 1. The average molecular weight is 366 g/mol. The number of methoxy groups -OCH3 is 1. The van der Waals surface area contributed by atoms with Gasteiger partial charge in [0.15, 0.2) is 11.5 Å². The molecule has 1 N–H and O–H groups in total. The Morgan fingerprint density at radius 3 is 2.83 bits per heavy atom. The first-order valence-electron chi connectivity index (χ1n) is 7.52. The Labute approximate surface area is 151 Å². The van der Waals surface area contributed by atoms with Crippen molar-refractivity contribution in [3.05, 3.63) is 51.2 Å². The Morgan fingerprint density at radius 1 is 1.42 bits per heavy atom. The van der Waals surface area contributed by atoms with E-state index in [0.29, 0.717) is 23.1 Å². The Morgan fingerprint density at radius 2 is 2.21 bits per heavy atom. The molecule has 1 aromatic carbocycles. The maximum Gasteiger partial charge on any atom is 0.244 e. The second-order valence-electron chi connectivity index (χ2n) is 5.33. The van der Waals surface area contributed by atoms with Crippen molar-refractivity contribution < 1.29 is 14.3 Å². The molecule has 0 radical (unpaired) electrons. The lowest BCUT2D eigenvalue weighted by Crippen LogP contribution is -2.19. The lowest BCUT2D eigenvalue weighted by atomic mass is 10.2. The minimum atomic E-state index is -0.166. The van der Waals surface area contributed by atoms with E-state index >= 15 is 0 Å².